The van der Waals surface area contributed by atoms with Gasteiger partial charge >= 0.3 is 0 Å². The van der Waals surface area contributed by atoms with Crippen molar-refractivity contribution in [3.8, 4) is 6.07 Å². The van der Waals surface area contributed by atoms with Gasteiger partial charge in [0, 0.05) is 5.02 Å². The molecule has 0 unspecified atom stereocenters. The van der Waals surface area contributed by atoms with Crippen molar-refractivity contribution >= 4 is 38.9 Å². The summed E-state index contributed by atoms with van der Waals surface area (Å²) in [4.78, 5) is -0.112. The predicted molar refractivity (Wildman–Crippen MR) is 78.4 cm³/mol. The Morgan fingerprint density at radius 2 is 1.80 bits per heavy atom. The lowest BCUT2D eigenvalue weighted by Gasteiger charge is -2.10. The van der Waals surface area contributed by atoms with Gasteiger partial charge in [-0.15, -0.1) is 0 Å². The summed E-state index contributed by atoms with van der Waals surface area (Å²) in [5, 5.41) is 9.52. The van der Waals surface area contributed by atoms with E-state index in [2.05, 4.69) is 4.72 Å². The van der Waals surface area contributed by atoms with Crippen LogP contribution in [0.5, 0.6) is 0 Å². The fraction of sp³-hybridized carbons (Fsp3) is 0. The van der Waals surface area contributed by atoms with E-state index in [0.29, 0.717) is 5.02 Å². The SMILES string of the molecule is N#Cc1ccccc1S(=O)(=O)Nc1cc(Cl)ccc1Cl. The predicted octanol–water partition coefficient (Wildman–Crippen LogP) is 3.67. The van der Waals surface area contributed by atoms with Gasteiger partial charge in [-0.05, 0) is 30.3 Å². The third-order valence-electron chi connectivity index (χ3n) is 2.47. The van der Waals surface area contributed by atoms with E-state index in [-0.39, 0.29) is 21.2 Å². The molecule has 2 rings (SSSR count). The zero-order chi connectivity index (χ0) is 14.8. The van der Waals surface area contributed by atoms with Crippen LogP contribution in [-0.2, 0) is 10.0 Å². The molecular formula is C13H8Cl2N2O2S. The second-order valence-electron chi connectivity index (χ2n) is 3.84. The molecule has 0 spiro atoms. The largest absolute Gasteiger partial charge is 0.278 e. The molecule has 0 aliphatic rings. The number of nitriles is 1. The maximum Gasteiger partial charge on any atom is 0.263 e. The van der Waals surface area contributed by atoms with Crippen LogP contribution in [0.25, 0.3) is 0 Å². The van der Waals surface area contributed by atoms with Gasteiger partial charge in [0.1, 0.15) is 11.0 Å². The summed E-state index contributed by atoms with van der Waals surface area (Å²) in [6.07, 6.45) is 0. The summed E-state index contributed by atoms with van der Waals surface area (Å²) in [5.74, 6) is 0. The Kier molecular flexibility index (Phi) is 4.19. The van der Waals surface area contributed by atoms with Crippen LogP contribution < -0.4 is 4.72 Å². The normalized spacial score (nSPS) is 10.8. The number of nitrogens with one attached hydrogen (secondary N) is 1. The van der Waals surface area contributed by atoms with Crippen molar-refractivity contribution in [2.24, 2.45) is 0 Å². The topological polar surface area (TPSA) is 70.0 Å². The van der Waals surface area contributed by atoms with E-state index in [1.165, 1.54) is 30.3 Å². The Balaban J connectivity index is 2.47. The minimum Gasteiger partial charge on any atom is -0.278 e. The van der Waals surface area contributed by atoms with Crippen LogP contribution >= 0.6 is 23.2 Å². The van der Waals surface area contributed by atoms with Crippen LogP contribution in [-0.4, -0.2) is 8.42 Å². The van der Waals surface area contributed by atoms with Crippen molar-refractivity contribution in [3.63, 3.8) is 0 Å². The number of rotatable bonds is 3. The van der Waals surface area contributed by atoms with Gasteiger partial charge in [0.2, 0.25) is 0 Å². The first-order valence-corrected chi connectivity index (χ1v) is 7.65. The summed E-state index contributed by atoms with van der Waals surface area (Å²) in [6.45, 7) is 0. The molecule has 0 atom stereocenters. The van der Waals surface area contributed by atoms with E-state index in [9.17, 15) is 8.42 Å². The van der Waals surface area contributed by atoms with Crippen molar-refractivity contribution in [2.75, 3.05) is 4.72 Å². The Morgan fingerprint density at radius 1 is 1.10 bits per heavy atom. The summed E-state index contributed by atoms with van der Waals surface area (Å²) in [5.41, 5.74) is 0.213. The molecular weight excluding hydrogens is 319 g/mol. The van der Waals surface area contributed by atoms with E-state index in [4.69, 9.17) is 28.5 Å². The summed E-state index contributed by atoms with van der Waals surface area (Å²) in [7, 11) is -3.91. The van der Waals surface area contributed by atoms with Crippen molar-refractivity contribution in [1.29, 1.82) is 5.26 Å². The smallest absolute Gasteiger partial charge is 0.263 e. The molecule has 7 heteroatoms. The molecule has 4 nitrogen and oxygen atoms in total. The van der Waals surface area contributed by atoms with Crippen LogP contribution in [0.1, 0.15) is 5.56 Å². The van der Waals surface area contributed by atoms with Crippen LogP contribution in [0.4, 0.5) is 5.69 Å². The van der Waals surface area contributed by atoms with Gasteiger partial charge in [-0.25, -0.2) is 8.42 Å². The Bertz CT molecular complexity index is 798. The van der Waals surface area contributed by atoms with Gasteiger partial charge < -0.3 is 0 Å². The van der Waals surface area contributed by atoms with E-state index < -0.39 is 10.0 Å². The molecule has 0 heterocycles. The number of halogens is 2. The van der Waals surface area contributed by atoms with Crippen molar-refractivity contribution < 1.29 is 8.42 Å². The first-order chi connectivity index (χ1) is 9.44. The van der Waals surface area contributed by atoms with Gasteiger partial charge in [-0.1, -0.05) is 35.3 Å². The Labute approximate surface area is 126 Å². The van der Waals surface area contributed by atoms with Crippen molar-refractivity contribution in [1.82, 2.24) is 0 Å². The van der Waals surface area contributed by atoms with Gasteiger partial charge in [-0.2, -0.15) is 5.26 Å². The van der Waals surface area contributed by atoms with Crippen LogP contribution in [0.3, 0.4) is 0 Å². The highest BCUT2D eigenvalue weighted by Crippen LogP contribution is 2.28. The van der Waals surface area contributed by atoms with E-state index in [0.717, 1.165) is 0 Å². The van der Waals surface area contributed by atoms with Crippen LogP contribution in [0.2, 0.25) is 10.0 Å². The third-order valence-corrected chi connectivity index (χ3v) is 4.46. The highest BCUT2D eigenvalue weighted by atomic mass is 35.5. The lowest BCUT2D eigenvalue weighted by molar-refractivity contribution is 0.601. The van der Waals surface area contributed by atoms with Gasteiger partial charge in [0.25, 0.3) is 10.0 Å². The second kappa shape index (κ2) is 5.71. The minimum atomic E-state index is -3.91. The Hall–Kier alpha value is -1.74. The van der Waals surface area contributed by atoms with E-state index >= 15 is 0 Å². The molecule has 1 N–H and O–H groups in total. The first kappa shape index (κ1) is 14.7. The number of nitrogens with zero attached hydrogens (tertiary/aromatic N) is 1. The quantitative estimate of drug-likeness (QED) is 0.935. The molecule has 2 aromatic carbocycles. The Morgan fingerprint density at radius 3 is 2.50 bits per heavy atom. The third kappa shape index (κ3) is 3.05. The lowest BCUT2D eigenvalue weighted by atomic mass is 10.2. The maximum absolute atomic E-state index is 12.3. The molecule has 0 aliphatic carbocycles. The lowest BCUT2D eigenvalue weighted by Crippen LogP contribution is -2.14. The minimum absolute atomic E-state index is 0.0538. The summed E-state index contributed by atoms with van der Waals surface area (Å²) >= 11 is 11.7. The monoisotopic (exact) mass is 326 g/mol. The molecule has 0 bridgehead atoms. The molecule has 0 radical (unpaired) electrons. The first-order valence-electron chi connectivity index (χ1n) is 5.41. The number of anilines is 1. The summed E-state index contributed by atoms with van der Waals surface area (Å²) in [6, 6.07) is 12.2. The maximum atomic E-state index is 12.3. The molecule has 0 fully saturated rings. The zero-order valence-electron chi connectivity index (χ0n) is 9.97. The highest BCUT2D eigenvalue weighted by Gasteiger charge is 2.19. The number of sulfonamides is 1. The van der Waals surface area contributed by atoms with Crippen molar-refractivity contribution in [3.05, 3.63) is 58.1 Å². The fourth-order valence-corrected chi connectivity index (χ4v) is 3.19. The van der Waals surface area contributed by atoms with Gasteiger partial charge in [0.05, 0.1) is 16.3 Å². The number of benzene rings is 2. The standard InChI is InChI=1S/C13H8Cl2N2O2S/c14-10-5-6-11(15)12(7-10)17-20(18,19)13-4-2-1-3-9(13)8-16/h1-7,17H. The molecule has 2 aromatic rings. The second-order valence-corrected chi connectivity index (χ2v) is 6.33. The van der Waals surface area contributed by atoms with Gasteiger partial charge in [0.15, 0.2) is 0 Å². The van der Waals surface area contributed by atoms with E-state index in [1.807, 2.05) is 6.07 Å². The number of hydrogen-bond acceptors (Lipinski definition) is 3. The molecule has 0 saturated carbocycles. The average molecular weight is 327 g/mol. The molecule has 0 aromatic heterocycles. The average Bonchev–Trinajstić information content (AvgIpc) is 2.42. The van der Waals surface area contributed by atoms with E-state index in [1.54, 1.807) is 12.1 Å². The molecule has 20 heavy (non-hydrogen) atoms. The highest BCUT2D eigenvalue weighted by molar-refractivity contribution is 7.92. The van der Waals surface area contributed by atoms with Gasteiger partial charge in [-0.3, -0.25) is 4.72 Å². The number of hydrogen-bond donors (Lipinski definition) is 1. The molecule has 0 saturated heterocycles. The molecule has 0 amide bonds. The molecule has 102 valence electrons. The fourth-order valence-electron chi connectivity index (χ4n) is 1.57. The molecule has 0 aliphatic heterocycles. The van der Waals surface area contributed by atoms with Crippen LogP contribution in [0.15, 0.2) is 47.4 Å². The summed E-state index contributed by atoms with van der Waals surface area (Å²) < 4.78 is 26.9. The van der Waals surface area contributed by atoms with Crippen molar-refractivity contribution in [2.45, 2.75) is 4.90 Å². The zero-order valence-corrected chi connectivity index (χ0v) is 12.3. The van der Waals surface area contributed by atoms with Crippen LogP contribution in [0, 0.1) is 11.3 Å².